The van der Waals surface area contributed by atoms with Crippen LogP contribution in [0.2, 0.25) is 0 Å². The molecule has 1 aromatic rings. The third-order valence-electron chi connectivity index (χ3n) is 1.69. The van der Waals surface area contributed by atoms with Gasteiger partial charge >= 0.3 is 0 Å². The summed E-state index contributed by atoms with van der Waals surface area (Å²) in [5.74, 6) is -0.320. The Balaban J connectivity index is 0.00000225. The second-order valence-corrected chi connectivity index (χ2v) is 2.94. The van der Waals surface area contributed by atoms with Crippen molar-refractivity contribution in [3.8, 4) is 0 Å². The highest BCUT2D eigenvalue weighted by atomic mass is 35.5. The molecular formula is C9H15ClN6. The molecule has 0 aliphatic carbocycles. The third kappa shape index (κ3) is 4.63. The number of halogens is 1. The normalized spacial score (nSPS) is 8.81. The predicted molar refractivity (Wildman–Crippen MR) is 68.0 cm³/mol. The van der Waals surface area contributed by atoms with Gasteiger partial charge in [0, 0.05) is 12.2 Å². The quantitative estimate of drug-likeness (QED) is 0.332. The van der Waals surface area contributed by atoms with Crippen LogP contribution in [0.1, 0.15) is 5.56 Å². The Morgan fingerprint density at radius 3 is 2.56 bits per heavy atom. The summed E-state index contributed by atoms with van der Waals surface area (Å²) in [6, 6.07) is 7.37. The topological polar surface area (TPSA) is 124 Å². The monoisotopic (exact) mass is 242 g/mol. The molecule has 0 radical (unpaired) electrons. The van der Waals surface area contributed by atoms with Crippen LogP contribution in [0.4, 0.5) is 5.69 Å². The van der Waals surface area contributed by atoms with Gasteiger partial charge in [-0.1, -0.05) is 12.1 Å². The Morgan fingerprint density at radius 1 is 1.31 bits per heavy atom. The molecule has 0 fully saturated rings. The van der Waals surface area contributed by atoms with E-state index >= 15 is 0 Å². The van der Waals surface area contributed by atoms with E-state index in [1.54, 1.807) is 6.07 Å². The van der Waals surface area contributed by atoms with Gasteiger partial charge in [0.2, 0.25) is 0 Å². The highest BCUT2D eigenvalue weighted by molar-refractivity contribution is 6.02. The third-order valence-corrected chi connectivity index (χ3v) is 1.69. The lowest BCUT2D eigenvalue weighted by atomic mass is 10.2. The average molecular weight is 243 g/mol. The van der Waals surface area contributed by atoms with E-state index in [-0.39, 0.29) is 24.3 Å². The fraction of sp³-hybridized carbons (Fsp3) is 0.111. The zero-order valence-electron chi connectivity index (χ0n) is 8.58. The first-order chi connectivity index (χ1) is 7.11. The Morgan fingerprint density at radius 2 is 2.00 bits per heavy atom. The summed E-state index contributed by atoms with van der Waals surface area (Å²) >= 11 is 0. The summed E-state index contributed by atoms with van der Waals surface area (Å²) in [6.07, 6.45) is 0. The number of benzene rings is 1. The molecule has 1 aromatic carbocycles. The number of anilines is 1. The summed E-state index contributed by atoms with van der Waals surface area (Å²) in [5, 5.41) is 19.4. The Labute approximate surface area is 99.8 Å². The molecular weight excluding hydrogens is 228 g/mol. The molecule has 1 rings (SSSR count). The van der Waals surface area contributed by atoms with Crippen molar-refractivity contribution in [1.29, 1.82) is 10.8 Å². The Bertz CT molecular complexity index is 378. The van der Waals surface area contributed by atoms with E-state index in [4.69, 9.17) is 22.3 Å². The van der Waals surface area contributed by atoms with Crippen LogP contribution in [-0.2, 0) is 6.54 Å². The molecule has 6 nitrogen and oxygen atoms in total. The molecule has 0 aliphatic rings. The standard InChI is InChI=1S/C9H14N6.ClH/c10-5-6-2-1-3-7(4-6)14-9(13)15-8(11)12;/h1-4H,5,10H2,(H6,11,12,13,14,15);1H. The Kier molecular flexibility index (Phi) is 5.91. The minimum Gasteiger partial charge on any atom is -0.370 e. The van der Waals surface area contributed by atoms with Crippen LogP contribution in [0.5, 0.6) is 0 Å². The molecule has 16 heavy (non-hydrogen) atoms. The van der Waals surface area contributed by atoms with Crippen LogP contribution >= 0.6 is 12.4 Å². The maximum absolute atomic E-state index is 7.41. The minimum absolute atomic E-state index is 0. The SMILES string of the molecule is Cl.N=C(N)NC(=N)Nc1cccc(CN)c1. The van der Waals surface area contributed by atoms with Gasteiger partial charge in [0.25, 0.3) is 0 Å². The van der Waals surface area contributed by atoms with Crippen LogP contribution in [0.3, 0.4) is 0 Å². The second-order valence-electron chi connectivity index (χ2n) is 2.94. The molecule has 88 valence electrons. The second kappa shape index (κ2) is 6.65. The lowest BCUT2D eigenvalue weighted by Gasteiger charge is -2.09. The van der Waals surface area contributed by atoms with Crippen molar-refractivity contribution in [3.63, 3.8) is 0 Å². The zero-order chi connectivity index (χ0) is 11.3. The Hall–Kier alpha value is -1.79. The van der Waals surface area contributed by atoms with Crippen molar-refractivity contribution < 1.29 is 0 Å². The number of nitrogens with two attached hydrogens (primary N) is 2. The van der Waals surface area contributed by atoms with E-state index in [0.29, 0.717) is 6.54 Å². The molecule has 0 saturated carbocycles. The molecule has 0 amide bonds. The highest BCUT2D eigenvalue weighted by Gasteiger charge is 1.98. The molecule has 0 bridgehead atoms. The van der Waals surface area contributed by atoms with Gasteiger partial charge in [0.05, 0.1) is 0 Å². The van der Waals surface area contributed by atoms with Crippen molar-refractivity contribution in [2.45, 2.75) is 6.54 Å². The number of guanidine groups is 2. The van der Waals surface area contributed by atoms with E-state index in [1.807, 2.05) is 18.2 Å². The minimum atomic E-state index is -0.275. The molecule has 0 spiro atoms. The number of rotatable bonds is 2. The van der Waals surface area contributed by atoms with E-state index in [2.05, 4.69) is 10.6 Å². The molecule has 0 heterocycles. The zero-order valence-corrected chi connectivity index (χ0v) is 9.40. The van der Waals surface area contributed by atoms with Gasteiger partial charge in [-0.3, -0.25) is 16.1 Å². The summed E-state index contributed by atoms with van der Waals surface area (Å²) < 4.78 is 0. The molecule has 0 saturated heterocycles. The van der Waals surface area contributed by atoms with E-state index in [1.165, 1.54) is 0 Å². The molecule has 8 N–H and O–H groups in total. The van der Waals surface area contributed by atoms with Gasteiger partial charge in [-0.25, -0.2) is 0 Å². The molecule has 0 atom stereocenters. The van der Waals surface area contributed by atoms with Gasteiger partial charge in [0.15, 0.2) is 11.9 Å². The molecule has 0 aliphatic heterocycles. The maximum Gasteiger partial charge on any atom is 0.199 e. The number of hydrogen-bond acceptors (Lipinski definition) is 3. The molecule has 7 heteroatoms. The van der Waals surface area contributed by atoms with Crippen LogP contribution in [0.15, 0.2) is 24.3 Å². The van der Waals surface area contributed by atoms with Crippen molar-refractivity contribution in [1.82, 2.24) is 5.32 Å². The molecule has 0 unspecified atom stereocenters. The summed E-state index contributed by atoms with van der Waals surface area (Å²) in [6.45, 7) is 0.447. The lowest BCUT2D eigenvalue weighted by molar-refractivity contribution is 1.07. The van der Waals surface area contributed by atoms with E-state index in [0.717, 1.165) is 11.3 Å². The van der Waals surface area contributed by atoms with E-state index in [9.17, 15) is 0 Å². The van der Waals surface area contributed by atoms with Crippen LogP contribution < -0.4 is 22.1 Å². The first kappa shape index (κ1) is 14.2. The first-order valence-electron chi connectivity index (χ1n) is 4.37. The summed E-state index contributed by atoms with van der Waals surface area (Å²) in [5.41, 5.74) is 12.3. The predicted octanol–water partition coefficient (Wildman–Crippen LogP) is 0.397. The van der Waals surface area contributed by atoms with Gasteiger partial charge in [-0.15, -0.1) is 12.4 Å². The maximum atomic E-state index is 7.41. The van der Waals surface area contributed by atoms with Crippen molar-refractivity contribution in [2.24, 2.45) is 11.5 Å². The van der Waals surface area contributed by atoms with Crippen molar-refractivity contribution >= 4 is 30.0 Å². The fourth-order valence-electron chi connectivity index (χ4n) is 1.09. The fourth-order valence-corrected chi connectivity index (χ4v) is 1.09. The van der Waals surface area contributed by atoms with Crippen molar-refractivity contribution in [3.05, 3.63) is 29.8 Å². The largest absolute Gasteiger partial charge is 0.370 e. The smallest absolute Gasteiger partial charge is 0.199 e. The lowest BCUT2D eigenvalue weighted by Crippen LogP contribution is -2.39. The number of hydrogen-bond donors (Lipinski definition) is 6. The van der Waals surface area contributed by atoms with Crippen LogP contribution in [0, 0.1) is 10.8 Å². The summed E-state index contributed by atoms with van der Waals surface area (Å²) in [7, 11) is 0. The van der Waals surface area contributed by atoms with Gasteiger partial charge in [0.1, 0.15) is 0 Å². The molecule has 0 aromatic heterocycles. The highest BCUT2D eigenvalue weighted by Crippen LogP contribution is 2.09. The van der Waals surface area contributed by atoms with Crippen LogP contribution in [0.25, 0.3) is 0 Å². The van der Waals surface area contributed by atoms with Crippen molar-refractivity contribution in [2.75, 3.05) is 5.32 Å². The van der Waals surface area contributed by atoms with Gasteiger partial charge < -0.3 is 16.8 Å². The van der Waals surface area contributed by atoms with E-state index < -0.39 is 0 Å². The van der Waals surface area contributed by atoms with Gasteiger partial charge in [-0.05, 0) is 17.7 Å². The van der Waals surface area contributed by atoms with Crippen LogP contribution in [-0.4, -0.2) is 11.9 Å². The average Bonchev–Trinajstić information content (AvgIpc) is 2.16. The van der Waals surface area contributed by atoms with Gasteiger partial charge in [-0.2, -0.15) is 0 Å². The summed E-state index contributed by atoms with van der Waals surface area (Å²) in [4.78, 5) is 0. The number of nitrogens with one attached hydrogen (secondary N) is 4. The first-order valence-corrected chi connectivity index (χ1v) is 4.37.